The van der Waals surface area contributed by atoms with Crippen LogP contribution in [0.15, 0.2) is 0 Å². The quantitative estimate of drug-likeness (QED) is 0.335. The van der Waals surface area contributed by atoms with E-state index in [0.717, 1.165) is 25.9 Å². The maximum absolute atomic E-state index is 12.0. The van der Waals surface area contributed by atoms with Crippen molar-refractivity contribution in [1.29, 1.82) is 0 Å². The van der Waals surface area contributed by atoms with Gasteiger partial charge in [-0.2, -0.15) is 0 Å². The van der Waals surface area contributed by atoms with Gasteiger partial charge in [0.05, 0.1) is 5.75 Å². The zero-order chi connectivity index (χ0) is 15.4. The molecule has 0 heterocycles. The zero-order valence-corrected chi connectivity index (χ0v) is 15.3. The van der Waals surface area contributed by atoms with Crippen molar-refractivity contribution in [3.05, 3.63) is 0 Å². The molecule has 0 aliphatic rings. The first-order chi connectivity index (χ1) is 9.51. The molecule has 0 rings (SSSR count). The van der Waals surface area contributed by atoms with Crippen molar-refractivity contribution in [2.24, 2.45) is 0 Å². The van der Waals surface area contributed by atoms with Gasteiger partial charge in [0, 0.05) is 26.2 Å². The van der Waals surface area contributed by atoms with Gasteiger partial charge in [-0.3, -0.25) is 4.79 Å². The second kappa shape index (κ2) is 12.7. The van der Waals surface area contributed by atoms with Gasteiger partial charge < -0.3 is 15.5 Å². The molecule has 0 unspecified atom stereocenters. The van der Waals surface area contributed by atoms with Crippen LogP contribution in [0.1, 0.15) is 26.7 Å². The Kier molecular flexibility index (Phi) is 12.6. The molecule has 0 aromatic heterocycles. The highest BCUT2D eigenvalue weighted by Crippen LogP contribution is 2.05. The minimum atomic E-state index is 0.150. The van der Waals surface area contributed by atoms with Crippen LogP contribution in [0, 0.1) is 0 Å². The summed E-state index contributed by atoms with van der Waals surface area (Å²) in [5.41, 5.74) is 0. The van der Waals surface area contributed by atoms with E-state index >= 15 is 0 Å². The smallest absolute Gasteiger partial charge is 0.233 e. The standard InChI is InChI=1S/C12H23N3OS4/c1-3-7-15(8-4-2)10(16)9-20-12(19)14-6-5-13-11(17)18/h3-9H2,1-2H3,(H,14,19)(H2,13,17,18). The molecule has 4 nitrogen and oxygen atoms in total. The summed E-state index contributed by atoms with van der Waals surface area (Å²) < 4.78 is 1.11. The van der Waals surface area contributed by atoms with Gasteiger partial charge in [0.1, 0.15) is 8.64 Å². The molecule has 1 amide bonds. The Labute approximate surface area is 142 Å². The van der Waals surface area contributed by atoms with Crippen LogP contribution >= 0.6 is 48.8 Å². The third kappa shape index (κ3) is 10.7. The summed E-state index contributed by atoms with van der Waals surface area (Å²) in [5.74, 6) is 0.544. The maximum atomic E-state index is 12.0. The van der Waals surface area contributed by atoms with Gasteiger partial charge in [-0.25, -0.2) is 0 Å². The summed E-state index contributed by atoms with van der Waals surface area (Å²) in [7, 11) is 0. The molecule has 0 atom stereocenters. The monoisotopic (exact) mass is 353 g/mol. The molecule has 0 aromatic rings. The molecule has 0 spiro atoms. The topological polar surface area (TPSA) is 44.4 Å². The fourth-order valence-corrected chi connectivity index (χ4v) is 2.64. The Bertz CT molecular complexity index is 320. The van der Waals surface area contributed by atoms with E-state index in [1.165, 1.54) is 11.8 Å². The van der Waals surface area contributed by atoms with E-state index in [2.05, 4.69) is 37.1 Å². The summed E-state index contributed by atoms with van der Waals surface area (Å²) in [6.45, 7) is 7.11. The SMILES string of the molecule is CCCN(CCC)C(=O)CSC(=S)NCCNC(=S)S. The highest BCUT2D eigenvalue weighted by Gasteiger charge is 2.12. The van der Waals surface area contributed by atoms with Crippen molar-refractivity contribution in [1.82, 2.24) is 15.5 Å². The third-order valence-corrected chi connectivity index (χ3v) is 3.94. The van der Waals surface area contributed by atoms with Crippen LogP contribution in [-0.2, 0) is 4.79 Å². The molecule has 20 heavy (non-hydrogen) atoms. The van der Waals surface area contributed by atoms with Crippen molar-refractivity contribution in [2.45, 2.75) is 26.7 Å². The largest absolute Gasteiger partial charge is 0.369 e. The van der Waals surface area contributed by atoms with Gasteiger partial charge in [-0.15, -0.1) is 12.6 Å². The molecule has 0 saturated carbocycles. The van der Waals surface area contributed by atoms with Gasteiger partial charge in [0.2, 0.25) is 5.91 Å². The summed E-state index contributed by atoms with van der Waals surface area (Å²) in [6, 6.07) is 0. The number of amides is 1. The lowest BCUT2D eigenvalue weighted by Crippen LogP contribution is -2.35. The number of rotatable bonds is 9. The van der Waals surface area contributed by atoms with Crippen LogP contribution in [0.25, 0.3) is 0 Å². The van der Waals surface area contributed by atoms with E-state index in [1.807, 2.05) is 4.90 Å². The Balaban J connectivity index is 3.85. The van der Waals surface area contributed by atoms with Crippen LogP contribution in [0.3, 0.4) is 0 Å². The summed E-state index contributed by atoms with van der Waals surface area (Å²) in [4.78, 5) is 13.9. The lowest BCUT2D eigenvalue weighted by atomic mass is 10.3. The highest BCUT2D eigenvalue weighted by molar-refractivity contribution is 8.23. The van der Waals surface area contributed by atoms with E-state index in [4.69, 9.17) is 24.4 Å². The van der Waals surface area contributed by atoms with Crippen molar-refractivity contribution >= 4 is 63.4 Å². The highest BCUT2D eigenvalue weighted by atomic mass is 32.2. The molecule has 2 N–H and O–H groups in total. The molecular formula is C12H23N3OS4. The normalized spacial score (nSPS) is 9.95. The Morgan fingerprint density at radius 1 is 1.15 bits per heavy atom. The number of nitrogens with one attached hydrogen (secondary N) is 2. The molecule has 116 valence electrons. The fraction of sp³-hybridized carbons (Fsp3) is 0.750. The third-order valence-electron chi connectivity index (χ3n) is 2.34. The minimum absolute atomic E-state index is 0.150. The lowest BCUT2D eigenvalue weighted by Gasteiger charge is -2.21. The summed E-state index contributed by atoms with van der Waals surface area (Å²) in [5, 5.41) is 5.97. The Morgan fingerprint density at radius 3 is 2.20 bits per heavy atom. The number of thiol groups is 1. The number of carbonyl (C=O) groups is 1. The van der Waals surface area contributed by atoms with E-state index in [-0.39, 0.29) is 5.91 Å². The van der Waals surface area contributed by atoms with Crippen LogP contribution in [-0.4, -0.2) is 51.4 Å². The van der Waals surface area contributed by atoms with Crippen LogP contribution in [0.4, 0.5) is 0 Å². The second-order valence-corrected chi connectivity index (χ2v) is 6.93. The van der Waals surface area contributed by atoms with Crippen molar-refractivity contribution in [2.75, 3.05) is 31.9 Å². The van der Waals surface area contributed by atoms with Gasteiger partial charge in [0.25, 0.3) is 0 Å². The van der Waals surface area contributed by atoms with Crippen LogP contribution in [0.5, 0.6) is 0 Å². The van der Waals surface area contributed by atoms with Crippen LogP contribution in [0.2, 0.25) is 0 Å². The summed E-state index contributed by atoms with van der Waals surface area (Å²) >= 11 is 15.3. The molecule has 0 fully saturated rings. The van der Waals surface area contributed by atoms with E-state index < -0.39 is 0 Å². The molecule has 0 saturated heterocycles. The van der Waals surface area contributed by atoms with Crippen molar-refractivity contribution < 1.29 is 4.79 Å². The minimum Gasteiger partial charge on any atom is -0.369 e. The van der Waals surface area contributed by atoms with Crippen molar-refractivity contribution in [3.8, 4) is 0 Å². The predicted octanol–water partition coefficient (Wildman–Crippen LogP) is 2.05. The predicted molar refractivity (Wildman–Crippen MR) is 99.8 cm³/mol. The number of hydrogen-bond donors (Lipinski definition) is 3. The molecule has 0 bridgehead atoms. The Morgan fingerprint density at radius 2 is 1.70 bits per heavy atom. The fourth-order valence-electron chi connectivity index (χ4n) is 1.50. The van der Waals surface area contributed by atoms with E-state index in [0.29, 0.717) is 27.5 Å². The summed E-state index contributed by atoms with van der Waals surface area (Å²) in [6.07, 6.45) is 1.96. The van der Waals surface area contributed by atoms with Gasteiger partial charge >= 0.3 is 0 Å². The number of nitrogens with zero attached hydrogens (tertiary/aromatic N) is 1. The van der Waals surface area contributed by atoms with Gasteiger partial charge in [-0.05, 0) is 12.8 Å². The molecule has 0 aromatic carbocycles. The number of thioether (sulfide) groups is 1. The number of thiocarbonyl (C=S) groups is 2. The van der Waals surface area contributed by atoms with Crippen molar-refractivity contribution in [3.63, 3.8) is 0 Å². The molecule has 0 aliphatic heterocycles. The van der Waals surface area contributed by atoms with E-state index in [9.17, 15) is 4.79 Å². The average molecular weight is 354 g/mol. The van der Waals surface area contributed by atoms with Gasteiger partial charge in [-0.1, -0.05) is 50.0 Å². The Hall–Kier alpha value is -0.0500. The molecule has 0 radical (unpaired) electrons. The first-order valence-corrected chi connectivity index (χ1v) is 8.91. The second-order valence-electron chi connectivity index (χ2n) is 4.12. The maximum Gasteiger partial charge on any atom is 0.233 e. The number of carbonyl (C=O) groups excluding carboxylic acids is 1. The van der Waals surface area contributed by atoms with Crippen LogP contribution < -0.4 is 10.6 Å². The molecule has 8 heteroatoms. The average Bonchev–Trinajstić information content (AvgIpc) is 2.40. The molecule has 0 aliphatic carbocycles. The lowest BCUT2D eigenvalue weighted by molar-refractivity contribution is -0.128. The first-order valence-electron chi connectivity index (χ1n) is 6.66. The van der Waals surface area contributed by atoms with E-state index in [1.54, 1.807) is 0 Å². The zero-order valence-electron chi connectivity index (χ0n) is 12.0. The first kappa shape index (κ1) is 19.9. The molecular weight excluding hydrogens is 330 g/mol. The van der Waals surface area contributed by atoms with Gasteiger partial charge in [0.15, 0.2) is 0 Å². The number of hydrogen-bond acceptors (Lipinski definition) is 4.